The minimum Gasteiger partial charge on any atom is -0.330 e. The van der Waals surface area contributed by atoms with E-state index in [1.807, 2.05) is 6.26 Å². The Kier molecular flexibility index (Phi) is 90.7. The van der Waals surface area contributed by atoms with E-state index < -0.39 is 0 Å². The fourth-order valence-electron chi connectivity index (χ4n) is 0.118. The first-order chi connectivity index (χ1) is 8.16. The predicted octanol–water partition coefficient (Wildman–Crippen LogP) is 5.35. The average Bonchev–Trinajstić information content (AvgIpc) is 2.40. The second-order valence-corrected chi connectivity index (χ2v) is 4.77. The maximum Gasteiger partial charge on any atom is 0.00530 e. The maximum atomic E-state index is 5.12. The van der Waals surface area contributed by atoms with Crippen molar-refractivity contribution in [3.63, 3.8) is 0 Å². The Morgan fingerprint density at radius 1 is 0.667 bits per heavy atom. The minimum absolute atomic E-state index is 0. The van der Waals surface area contributed by atoms with Gasteiger partial charge >= 0.3 is 0 Å². The molecule has 4 radical (unpaired) electrons. The van der Waals surface area contributed by atoms with Crippen LogP contribution in [0.4, 0.5) is 0 Å². The van der Waals surface area contributed by atoms with Crippen LogP contribution in [-0.2, 0) is 0 Å². The van der Waals surface area contributed by atoms with Gasteiger partial charge in [0.25, 0.3) is 0 Å². The third-order valence-electron chi connectivity index (χ3n) is 1.82. The second kappa shape index (κ2) is 51.9. The van der Waals surface area contributed by atoms with E-state index in [9.17, 15) is 0 Å². The van der Waals surface area contributed by atoms with Crippen LogP contribution in [0.1, 0.15) is 80.1 Å². The summed E-state index contributed by atoms with van der Waals surface area (Å²) < 4.78 is 0. The van der Waals surface area contributed by atoms with Crippen molar-refractivity contribution in [2.24, 2.45) is 5.73 Å². The summed E-state index contributed by atoms with van der Waals surface area (Å²) >= 11 is 1.78. The number of thioether (sulfide) groups is 1. The Balaban J connectivity index is -0.0000000412. The summed E-state index contributed by atoms with van der Waals surface area (Å²) in [5.74, 6) is 1.08. The van der Waals surface area contributed by atoms with E-state index in [1.54, 1.807) is 11.8 Å². The van der Waals surface area contributed by atoms with E-state index in [1.165, 1.54) is 38.5 Å². The zero-order chi connectivity index (χ0) is 14.4. The molecule has 0 rings (SSSR count). The molecule has 1 nitrogen and oxygen atoms in total. The van der Waals surface area contributed by atoms with Crippen LogP contribution >= 0.6 is 11.8 Å². The van der Waals surface area contributed by atoms with Crippen LogP contribution in [-0.4, -0.2) is 42.5 Å². The maximum absolute atomic E-state index is 5.12. The van der Waals surface area contributed by atoms with Gasteiger partial charge in [-0.25, -0.2) is 0 Å². The van der Waals surface area contributed by atoms with Crippen molar-refractivity contribution in [3.05, 3.63) is 0 Å². The molecule has 0 aliphatic carbocycles. The van der Waals surface area contributed by atoms with Gasteiger partial charge in [-0.15, -0.1) is 0 Å². The van der Waals surface area contributed by atoms with E-state index in [2.05, 4.69) is 41.5 Å². The molecular formula is C15H39NSSn. The van der Waals surface area contributed by atoms with Crippen molar-refractivity contribution in [2.45, 2.75) is 80.1 Å². The van der Waals surface area contributed by atoms with Crippen LogP contribution in [0, 0.1) is 0 Å². The zero-order valence-electron chi connectivity index (χ0n) is 14.1. The molecule has 0 aromatic rings. The van der Waals surface area contributed by atoms with Crippen molar-refractivity contribution in [1.29, 1.82) is 0 Å². The van der Waals surface area contributed by atoms with Crippen LogP contribution in [0.25, 0.3) is 0 Å². The fraction of sp³-hybridized carbons (Fsp3) is 1.00. The van der Waals surface area contributed by atoms with Gasteiger partial charge in [0.2, 0.25) is 0 Å². The van der Waals surface area contributed by atoms with Gasteiger partial charge in [0.15, 0.2) is 0 Å². The third-order valence-corrected chi connectivity index (χ3v) is 2.47. The van der Waals surface area contributed by atoms with Gasteiger partial charge < -0.3 is 5.73 Å². The molecule has 0 unspecified atom stereocenters. The SMILES string of the molecule is CCCC.CCCC.CCCC.CSCCN.[Sn]. The molecule has 0 bridgehead atoms. The topological polar surface area (TPSA) is 26.0 Å². The molecule has 114 valence electrons. The molecule has 0 spiro atoms. The number of hydrogen-bond acceptors (Lipinski definition) is 2. The standard InChI is InChI=1S/3C4H10.C3H9NS.Sn/c3*1-3-4-2;1-5-3-2-4;/h3*3-4H2,1-2H3;2-4H2,1H3;. The molecule has 0 heterocycles. The Labute approximate surface area is 139 Å². The first-order valence-electron chi connectivity index (χ1n) is 7.35. The molecule has 0 aromatic carbocycles. The van der Waals surface area contributed by atoms with Crippen LogP contribution in [0.3, 0.4) is 0 Å². The van der Waals surface area contributed by atoms with Crippen molar-refractivity contribution in [1.82, 2.24) is 0 Å². The van der Waals surface area contributed by atoms with Crippen LogP contribution in [0.5, 0.6) is 0 Å². The number of hydrogen-bond donors (Lipinski definition) is 1. The molecule has 0 fully saturated rings. The summed E-state index contributed by atoms with van der Waals surface area (Å²) in [6.45, 7) is 13.9. The Hall–Kier alpha value is 1.11. The van der Waals surface area contributed by atoms with Crippen LogP contribution < -0.4 is 5.73 Å². The average molecular weight is 384 g/mol. The van der Waals surface area contributed by atoms with Crippen LogP contribution in [0.15, 0.2) is 0 Å². The molecule has 0 aromatic heterocycles. The summed E-state index contributed by atoms with van der Waals surface area (Å²) in [5.41, 5.74) is 5.12. The quantitative estimate of drug-likeness (QED) is 0.647. The number of nitrogens with two attached hydrogens (primary N) is 1. The molecule has 0 aliphatic rings. The number of rotatable bonds is 5. The van der Waals surface area contributed by atoms with Crippen molar-refractivity contribution in [2.75, 3.05) is 18.6 Å². The third kappa shape index (κ3) is 119. The Morgan fingerprint density at radius 3 is 0.889 bits per heavy atom. The fourth-order valence-corrected chi connectivity index (χ4v) is 0.354. The molecule has 3 heteroatoms. The molecular weight excluding hydrogens is 345 g/mol. The van der Waals surface area contributed by atoms with Gasteiger partial charge in [0.05, 0.1) is 0 Å². The van der Waals surface area contributed by atoms with E-state index in [-0.39, 0.29) is 23.9 Å². The minimum atomic E-state index is 0. The van der Waals surface area contributed by atoms with Gasteiger partial charge in [-0.2, -0.15) is 11.8 Å². The summed E-state index contributed by atoms with van der Waals surface area (Å²) in [7, 11) is 0. The molecule has 2 N–H and O–H groups in total. The van der Waals surface area contributed by atoms with Crippen molar-refractivity contribution >= 4 is 35.7 Å². The first kappa shape index (κ1) is 31.5. The smallest absolute Gasteiger partial charge is 0.00530 e. The normalized spacial score (nSPS) is 7.33. The Morgan fingerprint density at radius 2 is 0.889 bits per heavy atom. The van der Waals surface area contributed by atoms with Gasteiger partial charge in [0.1, 0.15) is 0 Å². The molecule has 0 saturated carbocycles. The molecule has 0 saturated heterocycles. The van der Waals surface area contributed by atoms with Gasteiger partial charge in [-0.1, -0.05) is 80.1 Å². The predicted molar refractivity (Wildman–Crippen MR) is 94.9 cm³/mol. The summed E-state index contributed by atoms with van der Waals surface area (Å²) in [5, 5.41) is 0. The summed E-state index contributed by atoms with van der Waals surface area (Å²) in [6.07, 6.45) is 9.97. The number of unbranched alkanes of at least 4 members (excludes halogenated alkanes) is 3. The van der Waals surface area contributed by atoms with E-state index in [0.717, 1.165) is 12.3 Å². The van der Waals surface area contributed by atoms with Crippen molar-refractivity contribution in [3.8, 4) is 0 Å². The molecule has 0 aliphatic heterocycles. The second-order valence-electron chi connectivity index (χ2n) is 3.78. The van der Waals surface area contributed by atoms with Gasteiger partial charge in [-0.3, -0.25) is 0 Å². The summed E-state index contributed by atoms with van der Waals surface area (Å²) in [4.78, 5) is 0. The van der Waals surface area contributed by atoms with E-state index >= 15 is 0 Å². The molecule has 0 amide bonds. The van der Waals surface area contributed by atoms with Gasteiger partial charge in [-0.05, 0) is 6.26 Å². The van der Waals surface area contributed by atoms with E-state index in [0.29, 0.717) is 0 Å². The molecule has 0 atom stereocenters. The van der Waals surface area contributed by atoms with Crippen LogP contribution in [0.2, 0.25) is 0 Å². The zero-order valence-corrected chi connectivity index (χ0v) is 17.8. The molecule has 18 heavy (non-hydrogen) atoms. The first-order valence-corrected chi connectivity index (χ1v) is 8.74. The Bertz CT molecular complexity index is 56.0. The van der Waals surface area contributed by atoms with E-state index in [4.69, 9.17) is 5.73 Å². The van der Waals surface area contributed by atoms with Crippen molar-refractivity contribution < 1.29 is 0 Å². The summed E-state index contributed by atoms with van der Waals surface area (Å²) in [6, 6.07) is 0. The van der Waals surface area contributed by atoms with Gasteiger partial charge in [0, 0.05) is 36.2 Å². The largest absolute Gasteiger partial charge is 0.330 e. The monoisotopic (exact) mass is 385 g/mol.